The molecular formula is C16H12BrN5O2S. The smallest absolute Gasteiger partial charge is 0.295 e. The van der Waals surface area contributed by atoms with Gasteiger partial charge in [0.05, 0.1) is 12.1 Å². The normalized spacial score (nSPS) is 10.3. The molecule has 2 amide bonds. The molecule has 3 aromatic rings. The van der Waals surface area contributed by atoms with Crippen molar-refractivity contribution in [3.8, 4) is 0 Å². The molecule has 0 aliphatic heterocycles. The number of anilines is 2. The number of benzene rings is 1. The summed E-state index contributed by atoms with van der Waals surface area (Å²) in [5.41, 5.74) is 1.28. The van der Waals surface area contributed by atoms with Gasteiger partial charge in [0.2, 0.25) is 11.7 Å². The molecule has 2 N–H and O–H groups in total. The van der Waals surface area contributed by atoms with Gasteiger partial charge in [-0.05, 0) is 30.3 Å². The summed E-state index contributed by atoms with van der Waals surface area (Å²) in [5.74, 6) is -0.565. The third-order valence-electron chi connectivity index (χ3n) is 3.01. The summed E-state index contributed by atoms with van der Waals surface area (Å²) in [4.78, 5) is 36.0. The van der Waals surface area contributed by atoms with Gasteiger partial charge in [-0.2, -0.15) is 0 Å². The van der Waals surface area contributed by atoms with Crippen LogP contribution in [-0.2, 0) is 11.2 Å². The van der Waals surface area contributed by atoms with E-state index in [2.05, 4.69) is 41.5 Å². The zero-order valence-corrected chi connectivity index (χ0v) is 15.2. The van der Waals surface area contributed by atoms with Crippen LogP contribution in [0, 0.1) is 0 Å². The third kappa shape index (κ3) is 4.91. The van der Waals surface area contributed by atoms with Crippen LogP contribution in [0.5, 0.6) is 0 Å². The Kier molecular flexibility index (Phi) is 5.46. The summed E-state index contributed by atoms with van der Waals surface area (Å²) in [5, 5.41) is 7.52. The molecule has 0 spiro atoms. The lowest BCUT2D eigenvalue weighted by molar-refractivity contribution is -0.115. The molecule has 0 unspecified atom stereocenters. The lowest BCUT2D eigenvalue weighted by Crippen LogP contribution is -2.16. The molecular weight excluding hydrogens is 406 g/mol. The Bertz CT molecular complexity index is 883. The first-order valence-electron chi connectivity index (χ1n) is 7.18. The number of nitrogens with one attached hydrogen (secondary N) is 2. The quantitative estimate of drug-likeness (QED) is 0.664. The van der Waals surface area contributed by atoms with E-state index < -0.39 is 5.91 Å². The second-order valence-corrected chi connectivity index (χ2v) is 6.68. The van der Waals surface area contributed by atoms with Crippen LogP contribution in [0.15, 0.2) is 52.6 Å². The van der Waals surface area contributed by atoms with Gasteiger partial charge < -0.3 is 5.32 Å². The second kappa shape index (κ2) is 7.95. The first-order chi connectivity index (χ1) is 12.1. The lowest BCUT2D eigenvalue weighted by Gasteiger charge is -2.03. The van der Waals surface area contributed by atoms with Gasteiger partial charge in [0.15, 0.2) is 5.13 Å². The monoisotopic (exact) mass is 417 g/mol. The van der Waals surface area contributed by atoms with E-state index in [0.717, 1.165) is 4.47 Å². The van der Waals surface area contributed by atoms with Crippen LogP contribution in [0.25, 0.3) is 0 Å². The van der Waals surface area contributed by atoms with Crippen molar-refractivity contribution in [3.63, 3.8) is 0 Å². The van der Waals surface area contributed by atoms with Crippen LogP contribution in [0.4, 0.5) is 10.8 Å². The fourth-order valence-electron chi connectivity index (χ4n) is 1.92. The van der Waals surface area contributed by atoms with Crippen molar-refractivity contribution in [3.05, 3.63) is 64.1 Å². The van der Waals surface area contributed by atoms with E-state index >= 15 is 0 Å². The summed E-state index contributed by atoms with van der Waals surface area (Å²) < 4.78 is 0.938. The standard InChI is InChI=1S/C16H12BrN5O2S/c17-10-2-4-11(5-3-10)20-13(23)8-12-9-25-16(21-12)22-15(24)14-18-6-1-7-19-14/h1-7,9H,8H2,(H,20,23)(H,21,22,24). The zero-order chi connectivity index (χ0) is 17.6. The van der Waals surface area contributed by atoms with E-state index in [1.165, 1.54) is 23.7 Å². The summed E-state index contributed by atoms with van der Waals surface area (Å²) in [7, 11) is 0. The van der Waals surface area contributed by atoms with Crippen molar-refractivity contribution < 1.29 is 9.59 Å². The van der Waals surface area contributed by atoms with E-state index in [4.69, 9.17) is 0 Å². The number of aromatic nitrogens is 3. The lowest BCUT2D eigenvalue weighted by atomic mass is 10.3. The summed E-state index contributed by atoms with van der Waals surface area (Å²) in [6.07, 6.45) is 3.09. The van der Waals surface area contributed by atoms with Crippen LogP contribution in [0.3, 0.4) is 0 Å². The van der Waals surface area contributed by atoms with E-state index in [-0.39, 0.29) is 18.2 Å². The predicted molar refractivity (Wildman–Crippen MR) is 98.6 cm³/mol. The van der Waals surface area contributed by atoms with Crippen LogP contribution in [0.1, 0.15) is 16.3 Å². The average molecular weight is 418 g/mol. The highest BCUT2D eigenvalue weighted by Gasteiger charge is 2.13. The molecule has 9 heteroatoms. The topological polar surface area (TPSA) is 96.9 Å². The Labute approximate surface area is 155 Å². The fourth-order valence-corrected chi connectivity index (χ4v) is 2.89. The van der Waals surface area contributed by atoms with Gasteiger partial charge in [-0.15, -0.1) is 11.3 Å². The highest BCUT2D eigenvalue weighted by molar-refractivity contribution is 9.10. The van der Waals surface area contributed by atoms with Gasteiger partial charge in [-0.1, -0.05) is 15.9 Å². The third-order valence-corrected chi connectivity index (χ3v) is 4.35. The number of nitrogens with zero attached hydrogens (tertiary/aromatic N) is 3. The first kappa shape index (κ1) is 17.2. The van der Waals surface area contributed by atoms with Crippen LogP contribution < -0.4 is 10.6 Å². The molecule has 126 valence electrons. The molecule has 0 atom stereocenters. The number of hydrogen-bond acceptors (Lipinski definition) is 6. The molecule has 2 aromatic heterocycles. The Morgan fingerprint density at radius 2 is 1.80 bits per heavy atom. The maximum atomic E-state index is 12.1. The van der Waals surface area contributed by atoms with Gasteiger partial charge in [0, 0.05) is 27.9 Å². The molecule has 0 bridgehead atoms. The summed E-state index contributed by atoms with van der Waals surface area (Å²) in [6.45, 7) is 0. The van der Waals surface area contributed by atoms with Crippen molar-refractivity contribution in [2.45, 2.75) is 6.42 Å². The van der Waals surface area contributed by atoms with Gasteiger partial charge in [-0.25, -0.2) is 15.0 Å². The number of carbonyl (C=O) groups excluding carboxylic acids is 2. The summed E-state index contributed by atoms with van der Waals surface area (Å²) in [6, 6.07) is 8.92. The number of rotatable bonds is 5. The molecule has 0 aliphatic rings. The van der Waals surface area contributed by atoms with Crippen molar-refractivity contribution in [1.82, 2.24) is 15.0 Å². The minimum absolute atomic E-state index is 0.0623. The Hall–Kier alpha value is -2.65. The molecule has 0 aliphatic carbocycles. The van der Waals surface area contributed by atoms with Crippen molar-refractivity contribution >= 4 is 49.9 Å². The minimum Gasteiger partial charge on any atom is -0.326 e. The largest absolute Gasteiger partial charge is 0.326 e. The second-order valence-electron chi connectivity index (χ2n) is 4.90. The van der Waals surface area contributed by atoms with E-state index in [9.17, 15) is 9.59 Å². The van der Waals surface area contributed by atoms with Gasteiger partial charge >= 0.3 is 0 Å². The van der Waals surface area contributed by atoms with Crippen molar-refractivity contribution in [2.24, 2.45) is 0 Å². The van der Waals surface area contributed by atoms with Crippen molar-refractivity contribution in [2.75, 3.05) is 10.6 Å². The Morgan fingerprint density at radius 1 is 1.08 bits per heavy atom. The molecule has 0 saturated heterocycles. The number of thiazole rings is 1. The zero-order valence-electron chi connectivity index (χ0n) is 12.8. The molecule has 7 nitrogen and oxygen atoms in total. The molecule has 2 heterocycles. The molecule has 25 heavy (non-hydrogen) atoms. The van der Waals surface area contributed by atoms with Crippen LogP contribution >= 0.6 is 27.3 Å². The molecule has 0 radical (unpaired) electrons. The SMILES string of the molecule is O=C(Cc1csc(NC(=O)c2ncccn2)n1)Nc1ccc(Br)cc1. The number of halogens is 1. The van der Waals surface area contributed by atoms with Gasteiger partial charge in [-0.3, -0.25) is 14.9 Å². The number of amides is 2. The average Bonchev–Trinajstić information content (AvgIpc) is 3.04. The molecule has 0 saturated carbocycles. The van der Waals surface area contributed by atoms with Crippen LogP contribution in [-0.4, -0.2) is 26.8 Å². The molecule has 1 aromatic carbocycles. The number of hydrogen-bond donors (Lipinski definition) is 2. The number of carbonyl (C=O) groups is 2. The van der Waals surface area contributed by atoms with Gasteiger partial charge in [0.1, 0.15) is 0 Å². The summed E-state index contributed by atoms with van der Waals surface area (Å²) >= 11 is 4.58. The minimum atomic E-state index is -0.444. The van der Waals surface area contributed by atoms with Crippen LogP contribution in [0.2, 0.25) is 0 Å². The van der Waals surface area contributed by atoms with E-state index in [1.54, 1.807) is 23.6 Å². The highest BCUT2D eigenvalue weighted by Crippen LogP contribution is 2.18. The Balaban J connectivity index is 1.57. The maximum Gasteiger partial charge on any atom is 0.295 e. The van der Waals surface area contributed by atoms with E-state index in [0.29, 0.717) is 16.5 Å². The van der Waals surface area contributed by atoms with Crippen molar-refractivity contribution in [1.29, 1.82) is 0 Å². The van der Waals surface area contributed by atoms with E-state index in [1.807, 2.05) is 12.1 Å². The first-order valence-corrected chi connectivity index (χ1v) is 8.85. The molecule has 3 rings (SSSR count). The fraction of sp³-hybridized carbons (Fsp3) is 0.0625. The molecule has 0 fully saturated rings. The van der Waals surface area contributed by atoms with Gasteiger partial charge in [0.25, 0.3) is 5.91 Å². The highest BCUT2D eigenvalue weighted by atomic mass is 79.9. The predicted octanol–water partition coefficient (Wildman–Crippen LogP) is 3.13. The maximum absolute atomic E-state index is 12.1. The Morgan fingerprint density at radius 3 is 2.52 bits per heavy atom.